The summed E-state index contributed by atoms with van der Waals surface area (Å²) in [4.78, 5) is 27.4. The van der Waals surface area contributed by atoms with Gasteiger partial charge in [-0.1, -0.05) is 30.3 Å². The van der Waals surface area contributed by atoms with Crippen LogP contribution in [0.25, 0.3) is 0 Å². The van der Waals surface area contributed by atoms with Crippen LogP contribution in [0.2, 0.25) is 0 Å². The molecule has 0 atom stereocenters. The lowest BCUT2D eigenvalue weighted by Gasteiger charge is -2.29. The molecule has 0 spiro atoms. The van der Waals surface area contributed by atoms with Crippen molar-refractivity contribution in [1.82, 2.24) is 9.96 Å². The predicted octanol–water partition coefficient (Wildman–Crippen LogP) is 4.65. The summed E-state index contributed by atoms with van der Waals surface area (Å²) in [5.41, 5.74) is 3.25. The zero-order valence-electron chi connectivity index (χ0n) is 23.0. The fourth-order valence-electron chi connectivity index (χ4n) is 4.63. The minimum absolute atomic E-state index is 0.0332. The number of amides is 3. The average molecular weight is 550 g/mol. The number of hydroxylamine groups is 2. The summed E-state index contributed by atoms with van der Waals surface area (Å²) >= 11 is 0. The summed E-state index contributed by atoms with van der Waals surface area (Å²) in [6.45, 7) is 1.35. The first kappa shape index (κ1) is 28.6. The highest BCUT2D eigenvalue weighted by molar-refractivity contribution is 5.97. The summed E-state index contributed by atoms with van der Waals surface area (Å²) in [5, 5.41) is 13.3. The lowest BCUT2D eigenvalue weighted by atomic mass is 9.98. The van der Waals surface area contributed by atoms with E-state index in [-0.39, 0.29) is 19.1 Å². The number of nitrogens with zero attached hydrogens (tertiary/aromatic N) is 2. The molecule has 212 valence electrons. The van der Waals surface area contributed by atoms with Crippen LogP contribution < -0.4 is 24.3 Å². The third-order valence-electron chi connectivity index (χ3n) is 6.70. The molecule has 10 nitrogen and oxygen atoms in total. The van der Waals surface area contributed by atoms with Crippen LogP contribution >= 0.6 is 0 Å². The molecule has 1 aliphatic rings. The monoisotopic (exact) mass is 549 g/mol. The van der Waals surface area contributed by atoms with Crippen molar-refractivity contribution in [2.75, 3.05) is 52.9 Å². The van der Waals surface area contributed by atoms with E-state index in [0.717, 1.165) is 31.4 Å². The number of fused-ring (bicyclic) bond motifs is 1. The highest BCUT2D eigenvalue weighted by Gasteiger charge is 2.24. The van der Waals surface area contributed by atoms with Gasteiger partial charge in [0, 0.05) is 30.8 Å². The number of benzene rings is 3. The molecule has 4 rings (SSSR count). The Hall–Kier alpha value is -4.44. The molecule has 0 bridgehead atoms. The van der Waals surface area contributed by atoms with E-state index in [1.807, 2.05) is 29.2 Å². The van der Waals surface area contributed by atoms with Crippen molar-refractivity contribution in [3.8, 4) is 23.0 Å². The van der Waals surface area contributed by atoms with Gasteiger partial charge in [-0.2, -0.15) is 0 Å². The van der Waals surface area contributed by atoms with Gasteiger partial charge in [0.05, 0.1) is 33.6 Å². The zero-order valence-corrected chi connectivity index (χ0v) is 23.0. The van der Waals surface area contributed by atoms with Gasteiger partial charge in [-0.3, -0.25) is 10.0 Å². The number of methoxy groups -OCH3 is 3. The molecule has 3 aromatic carbocycles. The Balaban J connectivity index is 1.26. The number of aryl methyl sites for hydroxylation is 1. The van der Waals surface area contributed by atoms with E-state index >= 15 is 0 Å². The van der Waals surface area contributed by atoms with Crippen LogP contribution in [0.5, 0.6) is 23.0 Å². The highest BCUT2D eigenvalue weighted by Crippen LogP contribution is 2.40. The Kier molecular flexibility index (Phi) is 9.69. The number of carbonyl (C=O) groups is 2. The van der Waals surface area contributed by atoms with Crippen LogP contribution in [0.15, 0.2) is 60.7 Å². The molecule has 0 aromatic heterocycles. The molecule has 3 aromatic rings. The quantitative estimate of drug-likeness (QED) is 0.250. The number of urea groups is 1. The number of carbonyl (C=O) groups excluding carboxylic acids is 2. The van der Waals surface area contributed by atoms with Crippen molar-refractivity contribution in [3.63, 3.8) is 0 Å². The molecule has 1 heterocycles. The second kappa shape index (κ2) is 13.6. The van der Waals surface area contributed by atoms with Gasteiger partial charge < -0.3 is 29.2 Å². The summed E-state index contributed by atoms with van der Waals surface area (Å²) < 4.78 is 21.6. The maximum absolute atomic E-state index is 13.0. The summed E-state index contributed by atoms with van der Waals surface area (Å²) in [6.07, 6.45) is 2.59. The Labute approximate surface area is 234 Å². The van der Waals surface area contributed by atoms with Gasteiger partial charge in [0.1, 0.15) is 12.4 Å². The fourth-order valence-corrected chi connectivity index (χ4v) is 4.63. The molecule has 1 aliphatic heterocycles. The molecule has 0 aliphatic carbocycles. The lowest BCUT2D eigenvalue weighted by Crippen LogP contribution is -2.38. The van der Waals surface area contributed by atoms with Gasteiger partial charge in [-0.25, -0.2) is 9.86 Å². The molecule has 0 unspecified atom stereocenters. The van der Waals surface area contributed by atoms with Gasteiger partial charge in [-0.05, 0) is 48.6 Å². The highest BCUT2D eigenvalue weighted by atomic mass is 16.5. The fraction of sp³-hybridized carbons (Fsp3) is 0.333. The molecule has 2 N–H and O–H groups in total. The van der Waals surface area contributed by atoms with Gasteiger partial charge in [-0.15, -0.1) is 0 Å². The smallest absolute Gasteiger partial charge is 0.345 e. The summed E-state index contributed by atoms with van der Waals surface area (Å²) in [7, 11) is 4.42. The van der Waals surface area contributed by atoms with Gasteiger partial charge in [0.15, 0.2) is 11.5 Å². The number of hydrogen-bond acceptors (Lipinski definition) is 7. The van der Waals surface area contributed by atoms with Crippen LogP contribution in [-0.4, -0.2) is 74.7 Å². The number of ether oxygens (including phenoxy) is 4. The Morgan fingerprint density at radius 1 is 1.00 bits per heavy atom. The van der Waals surface area contributed by atoms with E-state index < -0.39 is 6.03 Å². The first-order chi connectivity index (χ1) is 19.4. The average Bonchev–Trinajstić information content (AvgIpc) is 2.98. The summed E-state index contributed by atoms with van der Waals surface area (Å²) in [6, 6.07) is 18.0. The maximum atomic E-state index is 13.0. The van der Waals surface area contributed by atoms with E-state index in [0.29, 0.717) is 45.9 Å². The van der Waals surface area contributed by atoms with E-state index in [1.165, 1.54) is 26.9 Å². The zero-order chi connectivity index (χ0) is 28.5. The lowest BCUT2D eigenvalue weighted by molar-refractivity contribution is -0.0444. The third kappa shape index (κ3) is 6.95. The first-order valence-corrected chi connectivity index (χ1v) is 13.1. The van der Waals surface area contributed by atoms with Crippen LogP contribution in [0, 0.1) is 0 Å². The van der Waals surface area contributed by atoms with E-state index in [4.69, 9.17) is 18.9 Å². The summed E-state index contributed by atoms with van der Waals surface area (Å²) in [5.74, 6) is 1.73. The van der Waals surface area contributed by atoms with Gasteiger partial charge in [0.2, 0.25) is 5.75 Å². The van der Waals surface area contributed by atoms with Crippen LogP contribution in [0.4, 0.5) is 10.5 Å². The molecular formula is C30H35N3O7. The second-order valence-corrected chi connectivity index (χ2v) is 9.27. The van der Waals surface area contributed by atoms with Gasteiger partial charge >= 0.3 is 6.03 Å². The number of rotatable bonds is 12. The van der Waals surface area contributed by atoms with E-state index in [9.17, 15) is 14.8 Å². The molecule has 10 heteroatoms. The van der Waals surface area contributed by atoms with Crippen molar-refractivity contribution in [1.29, 1.82) is 0 Å². The van der Waals surface area contributed by atoms with Crippen molar-refractivity contribution >= 4 is 17.6 Å². The minimum Gasteiger partial charge on any atom is -0.493 e. The first-order valence-electron chi connectivity index (χ1n) is 13.1. The molecule has 0 fully saturated rings. The number of hydrogen-bond donors (Lipinski definition) is 2. The normalized spacial score (nSPS) is 12.4. The predicted molar refractivity (Wildman–Crippen MR) is 150 cm³/mol. The van der Waals surface area contributed by atoms with E-state index in [2.05, 4.69) is 17.4 Å². The Morgan fingerprint density at radius 2 is 1.73 bits per heavy atom. The molecule has 0 radical (unpaired) electrons. The van der Waals surface area contributed by atoms with Crippen LogP contribution in [0.1, 0.15) is 27.9 Å². The standard InChI is InChI=1S/C30H35N3O7/c1-37-26-19-23(20-27(38-2)28(26)39-3)31-30(35)33(36)16-17-40-24-11-12-25-22(18-24)13-15-32(29(25)34)14-7-10-21-8-5-4-6-9-21/h4-6,8-9,11-12,18-20,36H,7,10,13-17H2,1-3H3,(H,31,35). The number of nitrogens with one attached hydrogen (secondary N) is 1. The van der Waals surface area contributed by atoms with Crippen molar-refractivity contribution in [2.45, 2.75) is 19.3 Å². The second-order valence-electron chi connectivity index (χ2n) is 9.27. The largest absolute Gasteiger partial charge is 0.493 e. The van der Waals surface area contributed by atoms with Crippen LogP contribution in [0.3, 0.4) is 0 Å². The molecule has 0 saturated heterocycles. The topological polar surface area (TPSA) is 110 Å². The number of anilines is 1. The molecule has 40 heavy (non-hydrogen) atoms. The third-order valence-corrected chi connectivity index (χ3v) is 6.70. The van der Waals surface area contributed by atoms with Crippen LogP contribution in [-0.2, 0) is 12.8 Å². The minimum atomic E-state index is -0.749. The molecular weight excluding hydrogens is 514 g/mol. The van der Waals surface area contributed by atoms with Crippen molar-refractivity contribution in [2.24, 2.45) is 0 Å². The SMILES string of the molecule is COc1cc(NC(=O)N(O)CCOc2ccc3c(c2)CCN(CCCc2ccccc2)C3=O)cc(OC)c1OC. The van der Waals surface area contributed by atoms with Crippen molar-refractivity contribution in [3.05, 3.63) is 77.4 Å². The van der Waals surface area contributed by atoms with Crippen molar-refractivity contribution < 1.29 is 33.7 Å². The Bertz CT molecular complexity index is 1290. The van der Waals surface area contributed by atoms with E-state index in [1.54, 1.807) is 24.3 Å². The molecule has 0 saturated carbocycles. The maximum Gasteiger partial charge on any atom is 0.345 e. The Morgan fingerprint density at radius 3 is 2.40 bits per heavy atom. The molecule has 3 amide bonds. The van der Waals surface area contributed by atoms with Gasteiger partial charge in [0.25, 0.3) is 5.91 Å².